The van der Waals surface area contributed by atoms with E-state index in [1.54, 1.807) is 6.07 Å². The van der Waals surface area contributed by atoms with E-state index < -0.39 is 11.7 Å². The molecule has 4 heteroatoms. The number of hydrogen-bond donors (Lipinski definition) is 1. The summed E-state index contributed by atoms with van der Waals surface area (Å²) in [5.41, 5.74) is 2.75. The van der Waals surface area contributed by atoms with E-state index in [1.165, 1.54) is 24.2 Å². The average molecular weight is 329 g/mol. The Kier molecular flexibility index (Phi) is 6.18. The van der Waals surface area contributed by atoms with Crippen molar-refractivity contribution in [3.8, 4) is 0 Å². The molecule has 24 heavy (non-hydrogen) atoms. The van der Waals surface area contributed by atoms with Crippen molar-refractivity contribution in [1.29, 1.82) is 0 Å². The minimum Gasteiger partial charge on any atom is -0.502 e. The van der Waals surface area contributed by atoms with Gasteiger partial charge in [0, 0.05) is 6.54 Å². The Morgan fingerprint density at radius 2 is 1.62 bits per heavy atom. The van der Waals surface area contributed by atoms with Gasteiger partial charge >= 0.3 is 0 Å². The first-order valence-electron chi connectivity index (χ1n) is 8.84. The van der Waals surface area contributed by atoms with E-state index in [9.17, 15) is 14.7 Å². The molecule has 0 aromatic heterocycles. The highest BCUT2D eigenvalue weighted by Gasteiger charge is 2.39. The van der Waals surface area contributed by atoms with Crippen molar-refractivity contribution in [2.45, 2.75) is 59.3 Å². The van der Waals surface area contributed by atoms with Crippen LogP contribution in [0, 0.1) is 13.8 Å². The normalized spacial score (nSPS) is 14.9. The Morgan fingerprint density at radius 3 is 2.29 bits per heavy atom. The molecular formula is C20H27NO3. The van der Waals surface area contributed by atoms with Crippen molar-refractivity contribution < 1.29 is 14.7 Å². The number of carbonyl (C=O) groups excluding carboxylic acids is 2. The van der Waals surface area contributed by atoms with E-state index in [-0.39, 0.29) is 11.5 Å². The number of nitrogens with zero attached hydrogens (tertiary/aromatic N) is 1. The molecule has 130 valence electrons. The molecule has 0 aliphatic carbocycles. The summed E-state index contributed by atoms with van der Waals surface area (Å²) in [6, 6.07) is 5.64. The van der Waals surface area contributed by atoms with Crippen LogP contribution in [0.1, 0.15) is 62.1 Å². The molecule has 1 aromatic carbocycles. The topological polar surface area (TPSA) is 57.6 Å². The van der Waals surface area contributed by atoms with Gasteiger partial charge < -0.3 is 5.11 Å². The van der Waals surface area contributed by atoms with Gasteiger partial charge in [0.05, 0.1) is 5.57 Å². The summed E-state index contributed by atoms with van der Waals surface area (Å²) in [6.07, 6.45) is 6.51. The number of aryl methyl sites for hydroxylation is 2. The maximum absolute atomic E-state index is 12.6. The molecule has 0 atom stereocenters. The van der Waals surface area contributed by atoms with Gasteiger partial charge in [0.2, 0.25) is 0 Å². The van der Waals surface area contributed by atoms with Gasteiger partial charge in [0.1, 0.15) is 0 Å². The molecule has 2 rings (SSSR count). The number of benzene rings is 1. The van der Waals surface area contributed by atoms with Crippen molar-refractivity contribution in [3.05, 3.63) is 40.6 Å². The van der Waals surface area contributed by atoms with E-state index in [1.807, 2.05) is 26.0 Å². The van der Waals surface area contributed by atoms with E-state index in [4.69, 9.17) is 0 Å². The molecule has 0 fully saturated rings. The van der Waals surface area contributed by atoms with Crippen LogP contribution in [0.25, 0.3) is 5.57 Å². The average Bonchev–Trinajstić information content (AvgIpc) is 2.75. The van der Waals surface area contributed by atoms with Crippen molar-refractivity contribution in [1.82, 2.24) is 4.90 Å². The van der Waals surface area contributed by atoms with Crippen LogP contribution < -0.4 is 0 Å². The van der Waals surface area contributed by atoms with Gasteiger partial charge in [-0.1, -0.05) is 62.8 Å². The third-order valence-corrected chi connectivity index (χ3v) is 4.53. The summed E-state index contributed by atoms with van der Waals surface area (Å²) in [4.78, 5) is 26.0. The Balaban J connectivity index is 2.04. The maximum atomic E-state index is 12.6. The fraction of sp³-hybridized carbons (Fsp3) is 0.500. The minimum atomic E-state index is -0.566. The lowest BCUT2D eigenvalue weighted by atomic mass is 9.98. The largest absolute Gasteiger partial charge is 0.502 e. The fourth-order valence-corrected chi connectivity index (χ4v) is 3.15. The molecule has 0 radical (unpaired) electrons. The molecule has 2 amide bonds. The minimum absolute atomic E-state index is 0.142. The fourth-order valence-electron chi connectivity index (χ4n) is 3.15. The summed E-state index contributed by atoms with van der Waals surface area (Å²) < 4.78 is 0. The van der Waals surface area contributed by atoms with Crippen LogP contribution in [0.4, 0.5) is 0 Å². The van der Waals surface area contributed by atoms with Gasteiger partial charge in [0.25, 0.3) is 11.8 Å². The molecule has 1 aliphatic heterocycles. The summed E-state index contributed by atoms with van der Waals surface area (Å²) >= 11 is 0. The van der Waals surface area contributed by atoms with Gasteiger partial charge in [0.15, 0.2) is 5.76 Å². The lowest BCUT2D eigenvalue weighted by Crippen LogP contribution is -2.32. The number of amides is 2. The Hall–Kier alpha value is -2.10. The first-order valence-corrected chi connectivity index (χ1v) is 8.84. The summed E-state index contributed by atoms with van der Waals surface area (Å²) in [7, 11) is 0. The molecule has 0 bridgehead atoms. The SMILES string of the molecule is CCCCCCCCN1C(=O)C(O)=C(c2ccc(C)cc2C)C1=O. The highest BCUT2D eigenvalue weighted by molar-refractivity contribution is 6.35. The van der Waals surface area contributed by atoms with Crippen LogP contribution in [-0.4, -0.2) is 28.4 Å². The van der Waals surface area contributed by atoms with E-state index in [2.05, 4.69) is 6.92 Å². The van der Waals surface area contributed by atoms with Crippen LogP contribution in [0.15, 0.2) is 24.0 Å². The lowest BCUT2D eigenvalue weighted by molar-refractivity contribution is -0.138. The first-order chi connectivity index (χ1) is 11.5. The van der Waals surface area contributed by atoms with Crippen molar-refractivity contribution in [2.75, 3.05) is 6.54 Å². The number of unbranched alkanes of at least 4 members (excludes halogenated alkanes) is 5. The van der Waals surface area contributed by atoms with Crippen LogP contribution in [0.3, 0.4) is 0 Å². The Labute approximate surface area is 144 Å². The predicted molar refractivity (Wildman–Crippen MR) is 95.6 cm³/mol. The Morgan fingerprint density at radius 1 is 0.958 bits per heavy atom. The number of imide groups is 1. The Bertz CT molecular complexity index is 661. The van der Waals surface area contributed by atoms with Gasteiger partial charge in [-0.3, -0.25) is 14.5 Å². The van der Waals surface area contributed by atoms with Gasteiger partial charge in [-0.15, -0.1) is 0 Å². The van der Waals surface area contributed by atoms with E-state index in [0.717, 1.165) is 30.4 Å². The van der Waals surface area contributed by atoms with Crippen LogP contribution in [0.2, 0.25) is 0 Å². The number of rotatable bonds is 8. The molecule has 0 saturated carbocycles. The summed E-state index contributed by atoms with van der Waals surface area (Å²) in [6.45, 7) is 6.40. The smallest absolute Gasteiger partial charge is 0.296 e. The molecule has 1 heterocycles. The number of aliphatic hydroxyl groups excluding tert-OH is 1. The van der Waals surface area contributed by atoms with E-state index >= 15 is 0 Å². The number of carbonyl (C=O) groups is 2. The summed E-state index contributed by atoms with van der Waals surface area (Å²) in [5.74, 6) is -1.36. The highest BCUT2D eigenvalue weighted by atomic mass is 16.3. The molecule has 1 aliphatic rings. The van der Waals surface area contributed by atoms with Gasteiger partial charge in [-0.2, -0.15) is 0 Å². The van der Waals surface area contributed by atoms with Crippen LogP contribution in [0.5, 0.6) is 0 Å². The second-order valence-corrected chi connectivity index (χ2v) is 6.57. The predicted octanol–water partition coefficient (Wildman–Crippen LogP) is 4.30. The molecule has 1 aromatic rings. The second-order valence-electron chi connectivity index (χ2n) is 6.57. The molecule has 0 unspecified atom stereocenters. The summed E-state index contributed by atoms with van der Waals surface area (Å²) in [5, 5.41) is 10.2. The molecule has 0 spiro atoms. The molecule has 4 nitrogen and oxygen atoms in total. The quantitative estimate of drug-likeness (QED) is 0.571. The standard InChI is InChI=1S/C20H27NO3/c1-4-5-6-7-8-9-12-21-19(23)17(18(22)20(21)24)16-11-10-14(2)13-15(16)3/h10-11,13,22H,4-9,12H2,1-3H3. The van der Waals surface area contributed by atoms with Crippen LogP contribution in [-0.2, 0) is 9.59 Å². The third kappa shape index (κ3) is 3.86. The highest BCUT2D eigenvalue weighted by Crippen LogP contribution is 2.30. The zero-order chi connectivity index (χ0) is 17.7. The molecule has 0 saturated heterocycles. The first kappa shape index (κ1) is 18.2. The second kappa shape index (κ2) is 8.13. The van der Waals surface area contributed by atoms with Gasteiger partial charge in [-0.25, -0.2) is 0 Å². The number of hydrogen-bond acceptors (Lipinski definition) is 3. The molecular weight excluding hydrogens is 302 g/mol. The van der Waals surface area contributed by atoms with Gasteiger partial charge in [-0.05, 0) is 31.4 Å². The van der Waals surface area contributed by atoms with Crippen molar-refractivity contribution in [2.24, 2.45) is 0 Å². The maximum Gasteiger partial charge on any atom is 0.296 e. The number of aliphatic hydroxyl groups is 1. The molecule has 1 N–H and O–H groups in total. The lowest BCUT2D eigenvalue weighted by Gasteiger charge is -2.14. The van der Waals surface area contributed by atoms with Crippen molar-refractivity contribution >= 4 is 17.4 Å². The zero-order valence-electron chi connectivity index (χ0n) is 14.9. The van der Waals surface area contributed by atoms with Crippen molar-refractivity contribution in [3.63, 3.8) is 0 Å². The third-order valence-electron chi connectivity index (χ3n) is 4.53. The van der Waals surface area contributed by atoms with Crippen LogP contribution >= 0.6 is 0 Å². The van der Waals surface area contributed by atoms with E-state index in [0.29, 0.717) is 12.1 Å². The monoisotopic (exact) mass is 329 g/mol. The zero-order valence-corrected chi connectivity index (χ0v) is 14.9.